The summed E-state index contributed by atoms with van der Waals surface area (Å²) in [6, 6.07) is 6.84. The van der Waals surface area contributed by atoms with Gasteiger partial charge in [0, 0.05) is 20.3 Å². The van der Waals surface area contributed by atoms with Crippen LogP contribution in [0.5, 0.6) is 5.75 Å². The van der Waals surface area contributed by atoms with Crippen LogP contribution in [-0.2, 0) is 29.0 Å². The van der Waals surface area contributed by atoms with Crippen molar-refractivity contribution in [3.63, 3.8) is 0 Å². The van der Waals surface area contributed by atoms with Gasteiger partial charge in [0.05, 0.1) is 0 Å². The molecule has 1 atom stereocenters. The maximum atomic E-state index is 13.8. The fourth-order valence-corrected chi connectivity index (χ4v) is 10.9. The number of carbonyl (C=O) groups is 2. The minimum atomic E-state index is -3.62. The van der Waals surface area contributed by atoms with Gasteiger partial charge in [-0.1, -0.05) is 12.1 Å². The van der Waals surface area contributed by atoms with Gasteiger partial charge >= 0.3 is 13.6 Å². The lowest BCUT2D eigenvalue weighted by Crippen LogP contribution is -2.41. The topological polar surface area (TPSA) is 90.9 Å². The second-order valence-corrected chi connectivity index (χ2v) is 20.2. The second-order valence-electron chi connectivity index (χ2n) is 8.61. The van der Waals surface area contributed by atoms with Gasteiger partial charge in [-0.15, -0.1) is 0 Å². The first-order valence-corrected chi connectivity index (χ1v) is 17.6. The van der Waals surface area contributed by atoms with E-state index in [9.17, 15) is 14.2 Å². The van der Waals surface area contributed by atoms with E-state index in [0.717, 1.165) is 5.56 Å². The number of hydrogen-bond acceptors (Lipinski definition) is 6. The third-order valence-corrected chi connectivity index (χ3v) is 10.7. The molecule has 0 aromatic heterocycles. The van der Waals surface area contributed by atoms with Gasteiger partial charge < -0.3 is 18.5 Å². The number of amides is 1. The molecule has 0 saturated carbocycles. The van der Waals surface area contributed by atoms with Crippen LogP contribution in [0, 0.1) is 0 Å². The van der Waals surface area contributed by atoms with E-state index in [2.05, 4.69) is 5.32 Å². The Morgan fingerprint density at radius 2 is 1.43 bits per heavy atom. The average molecular weight is 446 g/mol. The molecule has 0 aliphatic carbocycles. The highest BCUT2D eigenvalue weighted by atomic mass is 31.2. The number of carbonyl (C=O) groups excluding carboxylic acids is 2. The van der Waals surface area contributed by atoms with Crippen molar-refractivity contribution in [1.82, 2.24) is 5.32 Å². The van der Waals surface area contributed by atoms with Crippen LogP contribution in [0.2, 0.25) is 39.3 Å². The number of rotatable bonds is 9. The fraction of sp³-hybridized carbons (Fsp3) is 0.556. The van der Waals surface area contributed by atoms with E-state index in [0.29, 0.717) is 5.75 Å². The first kappa shape index (κ1) is 24.8. The Balaban J connectivity index is 3.22. The van der Waals surface area contributed by atoms with Crippen molar-refractivity contribution in [1.29, 1.82) is 0 Å². The molecule has 1 aromatic carbocycles. The minimum Gasteiger partial charge on any atom is -0.427 e. The maximum Gasteiger partial charge on any atom is 0.333 e. The zero-order valence-corrected chi connectivity index (χ0v) is 20.9. The number of benzene rings is 1. The molecule has 0 spiro atoms. The lowest BCUT2D eigenvalue weighted by Gasteiger charge is -2.36. The lowest BCUT2D eigenvalue weighted by molar-refractivity contribution is -0.131. The van der Waals surface area contributed by atoms with E-state index < -0.39 is 36.0 Å². The lowest BCUT2D eigenvalue weighted by atomic mass is 10.1. The summed E-state index contributed by atoms with van der Waals surface area (Å²) >= 11 is 0. The molecule has 7 nitrogen and oxygen atoms in total. The molecule has 0 bridgehead atoms. The molecule has 0 aliphatic heterocycles. The molecular formula is C18H32NO6PSi2. The normalized spacial score (nSPS) is 13.7. The molecule has 28 heavy (non-hydrogen) atoms. The quantitative estimate of drug-likeness (QED) is 0.260. The zero-order chi connectivity index (χ0) is 21.8. The van der Waals surface area contributed by atoms with Gasteiger partial charge in [0.25, 0.3) is 0 Å². The summed E-state index contributed by atoms with van der Waals surface area (Å²) in [6.07, 6.45) is 0.270. The highest BCUT2D eigenvalue weighted by molar-refractivity contribution is 7.57. The summed E-state index contributed by atoms with van der Waals surface area (Å²) in [5.41, 5.74) is 0.813. The molecule has 0 saturated heterocycles. The molecule has 1 rings (SSSR count). The molecule has 0 heterocycles. The smallest absolute Gasteiger partial charge is 0.333 e. The highest BCUT2D eigenvalue weighted by Crippen LogP contribution is 2.57. The Labute approximate surface area is 169 Å². The van der Waals surface area contributed by atoms with E-state index in [1.165, 1.54) is 13.8 Å². The Morgan fingerprint density at radius 3 is 1.79 bits per heavy atom. The van der Waals surface area contributed by atoms with E-state index >= 15 is 0 Å². The van der Waals surface area contributed by atoms with Crippen LogP contribution in [0.4, 0.5) is 0 Å². The van der Waals surface area contributed by atoms with E-state index in [4.69, 9.17) is 13.2 Å². The molecule has 0 radical (unpaired) electrons. The van der Waals surface area contributed by atoms with E-state index in [1.54, 1.807) is 24.3 Å². The van der Waals surface area contributed by atoms with Crippen molar-refractivity contribution in [2.45, 2.75) is 65.3 Å². The van der Waals surface area contributed by atoms with Crippen LogP contribution in [0.3, 0.4) is 0 Å². The molecular weight excluding hydrogens is 413 g/mol. The Bertz CT molecular complexity index is 720. The number of hydrogen-bond donors (Lipinski definition) is 1. The molecule has 1 aromatic rings. The molecule has 0 aliphatic rings. The molecule has 0 fully saturated rings. The van der Waals surface area contributed by atoms with Crippen molar-refractivity contribution in [2.24, 2.45) is 0 Å². The van der Waals surface area contributed by atoms with Gasteiger partial charge in [0.15, 0.2) is 16.6 Å². The van der Waals surface area contributed by atoms with Gasteiger partial charge in [-0.2, -0.15) is 0 Å². The monoisotopic (exact) mass is 445 g/mol. The second kappa shape index (κ2) is 9.49. The SMILES string of the molecule is CC(=O)NC(Cc1ccc(OC(C)=O)cc1)P(=O)(O[Si](C)(C)C)O[Si](C)(C)C. The predicted molar refractivity (Wildman–Crippen MR) is 116 cm³/mol. The largest absolute Gasteiger partial charge is 0.427 e. The van der Waals surface area contributed by atoms with Gasteiger partial charge in [0.1, 0.15) is 11.5 Å². The zero-order valence-electron chi connectivity index (χ0n) is 18.0. The molecule has 10 heteroatoms. The summed E-state index contributed by atoms with van der Waals surface area (Å²) in [5, 5.41) is 2.77. The number of ether oxygens (including phenoxy) is 1. The van der Waals surface area contributed by atoms with E-state index in [1.807, 2.05) is 39.3 Å². The van der Waals surface area contributed by atoms with Gasteiger partial charge in [0.2, 0.25) is 5.91 Å². The average Bonchev–Trinajstić information content (AvgIpc) is 2.43. The van der Waals surface area contributed by atoms with Gasteiger partial charge in [-0.3, -0.25) is 14.2 Å². The summed E-state index contributed by atoms with van der Waals surface area (Å²) in [4.78, 5) is 22.9. The standard InChI is InChI=1S/C18H32NO6PSi2/c1-14(20)19-18(13-16-9-11-17(12-10-16)23-15(2)21)26(22,24-27(3,4)5)25-28(6,7)8/h9-12,18H,13H2,1-8H3,(H,19,20). The van der Waals surface area contributed by atoms with Crippen molar-refractivity contribution >= 4 is 36.1 Å². The number of esters is 1. The third-order valence-electron chi connectivity index (χ3n) is 3.17. The molecule has 1 N–H and O–H groups in total. The van der Waals surface area contributed by atoms with Crippen LogP contribution in [-0.4, -0.2) is 34.3 Å². The van der Waals surface area contributed by atoms with Crippen molar-refractivity contribution in [3.8, 4) is 5.75 Å². The Hall–Kier alpha value is -1.26. The van der Waals surface area contributed by atoms with Gasteiger partial charge in [-0.05, 0) is 57.0 Å². The van der Waals surface area contributed by atoms with Crippen molar-refractivity contribution in [3.05, 3.63) is 29.8 Å². The van der Waals surface area contributed by atoms with Gasteiger partial charge in [-0.25, -0.2) is 0 Å². The van der Waals surface area contributed by atoms with Crippen molar-refractivity contribution in [2.75, 3.05) is 0 Å². The number of nitrogens with one attached hydrogen (secondary N) is 1. The van der Waals surface area contributed by atoms with Crippen molar-refractivity contribution < 1.29 is 27.3 Å². The van der Waals surface area contributed by atoms with Crippen LogP contribution in [0.25, 0.3) is 0 Å². The molecule has 158 valence electrons. The minimum absolute atomic E-state index is 0.270. The van der Waals surface area contributed by atoms with Crippen LogP contribution in [0.15, 0.2) is 24.3 Å². The molecule has 1 amide bonds. The summed E-state index contributed by atoms with van der Waals surface area (Å²) in [7, 11) is -8.07. The highest BCUT2D eigenvalue weighted by Gasteiger charge is 2.43. The predicted octanol–water partition coefficient (Wildman–Crippen LogP) is 4.51. The summed E-state index contributed by atoms with van der Waals surface area (Å²) in [6.45, 7) is 14.3. The summed E-state index contributed by atoms with van der Waals surface area (Å²) < 4.78 is 30.9. The third kappa shape index (κ3) is 9.29. The van der Waals surface area contributed by atoms with Crippen LogP contribution in [0.1, 0.15) is 19.4 Å². The van der Waals surface area contributed by atoms with E-state index in [-0.39, 0.29) is 12.3 Å². The first-order valence-electron chi connectivity index (χ1n) is 9.15. The van der Waals surface area contributed by atoms with Crippen LogP contribution < -0.4 is 10.1 Å². The Kier molecular flexibility index (Phi) is 8.40. The summed E-state index contributed by atoms with van der Waals surface area (Å²) in [5.74, 6) is -1.09. The van der Waals surface area contributed by atoms with Crippen LogP contribution >= 0.6 is 7.60 Å². The first-order chi connectivity index (χ1) is 12.6. The fourth-order valence-electron chi connectivity index (χ4n) is 2.47. The maximum absolute atomic E-state index is 13.8. The Morgan fingerprint density at radius 1 is 0.964 bits per heavy atom. The molecule has 1 unspecified atom stereocenters.